The van der Waals surface area contributed by atoms with Gasteiger partial charge in [-0.05, 0) is 28.7 Å². The molecule has 0 aliphatic rings. The molecule has 0 amide bonds. The van der Waals surface area contributed by atoms with Gasteiger partial charge in [0.2, 0.25) is 0 Å². The van der Waals surface area contributed by atoms with E-state index in [1.54, 1.807) is 0 Å². The van der Waals surface area contributed by atoms with Crippen LogP contribution >= 0.6 is 22.6 Å². The fourth-order valence-electron chi connectivity index (χ4n) is 0.784. The van der Waals surface area contributed by atoms with Crippen LogP contribution in [0.25, 0.3) is 0 Å². The third-order valence-electron chi connectivity index (χ3n) is 1.37. The Bertz CT molecular complexity index is 383. The fraction of sp³-hybridized carbons (Fsp3) is 0.143. The Labute approximate surface area is 90.1 Å². The first-order valence-corrected chi connectivity index (χ1v) is 4.38. The van der Waals surface area contributed by atoms with Gasteiger partial charge >= 0.3 is 5.97 Å². The Kier molecular flexibility index (Phi) is 3.29. The van der Waals surface area contributed by atoms with Gasteiger partial charge in [0.25, 0.3) is 6.43 Å². The van der Waals surface area contributed by atoms with E-state index >= 15 is 0 Å². The van der Waals surface area contributed by atoms with E-state index in [1.807, 2.05) is 0 Å². The van der Waals surface area contributed by atoms with Gasteiger partial charge in [-0.15, -0.1) is 0 Å². The molecular formula is C7H3F3INO2. The summed E-state index contributed by atoms with van der Waals surface area (Å²) in [5.41, 5.74) is -1.70. The average molecular weight is 317 g/mol. The number of carboxylic acid groups (broad SMARTS) is 1. The topological polar surface area (TPSA) is 50.2 Å². The van der Waals surface area contributed by atoms with E-state index in [2.05, 4.69) is 4.98 Å². The summed E-state index contributed by atoms with van der Waals surface area (Å²) in [6, 6.07) is 0.721. The SMILES string of the molecule is O=C(O)c1nc(C(F)F)c(I)cc1F. The van der Waals surface area contributed by atoms with Crippen molar-refractivity contribution in [3.8, 4) is 0 Å². The summed E-state index contributed by atoms with van der Waals surface area (Å²) < 4.78 is 37.2. The summed E-state index contributed by atoms with van der Waals surface area (Å²) in [5, 5.41) is 8.41. The summed E-state index contributed by atoms with van der Waals surface area (Å²) in [6.45, 7) is 0. The largest absolute Gasteiger partial charge is 0.476 e. The Morgan fingerprint density at radius 3 is 2.57 bits per heavy atom. The molecule has 1 rings (SSSR count). The number of nitrogens with zero attached hydrogens (tertiary/aromatic N) is 1. The van der Waals surface area contributed by atoms with Crippen LogP contribution in [0.5, 0.6) is 0 Å². The normalized spacial score (nSPS) is 10.6. The molecule has 0 spiro atoms. The first-order chi connectivity index (χ1) is 6.43. The van der Waals surface area contributed by atoms with Crippen LogP contribution in [0.3, 0.4) is 0 Å². The molecule has 0 saturated heterocycles. The average Bonchev–Trinajstić information content (AvgIpc) is 2.02. The molecule has 0 aliphatic heterocycles. The molecule has 0 atom stereocenters. The van der Waals surface area contributed by atoms with Crippen LogP contribution in [0.15, 0.2) is 6.07 Å². The van der Waals surface area contributed by atoms with Crippen molar-refractivity contribution in [2.45, 2.75) is 6.43 Å². The number of hydrogen-bond donors (Lipinski definition) is 1. The molecule has 1 aromatic rings. The Morgan fingerprint density at radius 1 is 1.57 bits per heavy atom. The van der Waals surface area contributed by atoms with Crippen molar-refractivity contribution in [1.29, 1.82) is 0 Å². The maximum Gasteiger partial charge on any atom is 0.357 e. The second-order valence-electron chi connectivity index (χ2n) is 2.29. The van der Waals surface area contributed by atoms with E-state index in [1.165, 1.54) is 22.6 Å². The highest BCUT2D eigenvalue weighted by atomic mass is 127. The molecule has 0 fully saturated rings. The lowest BCUT2D eigenvalue weighted by Crippen LogP contribution is -2.08. The summed E-state index contributed by atoms with van der Waals surface area (Å²) in [6.07, 6.45) is -2.92. The van der Waals surface area contributed by atoms with Crippen LogP contribution in [-0.4, -0.2) is 16.1 Å². The van der Waals surface area contributed by atoms with E-state index in [-0.39, 0.29) is 3.57 Å². The second-order valence-corrected chi connectivity index (χ2v) is 3.45. The second kappa shape index (κ2) is 4.11. The molecular weight excluding hydrogens is 314 g/mol. The van der Waals surface area contributed by atoms with Crippen LogP contribution in [0, 0.1) is 9.39 Å². The molecule has 0 bridgehead atoms. The molecule has 0 aliphatic carbocycles. The van der Waals surface area contributed by atoms with Gasteiger partial charge in [-0.25, -0.2) is 22.9 Å². The summed E-state index contributed by atoms with van der Waals surface area (Å²) >= 11 is 1.47. The van der Waals surface area contributed by atoms with Gasteiger partial charge < -0.3 is 5.11 Å². The molecule has 0 saturated carbocycles. The van der Waals surface area contributed by atoms with Crippen molar-refractivity contribution in [2.75, 3.05) is 0 Å². The minimum Gasteiger partial charge on any atom is -0.476 e. The van der Waals surface area contributed by atoms with Gasteiger partial charge in [-0.2, -0.15) is 0 Å². The summed E-state index contributed by atoms with van der Waals surface area (Å²) in [4.78, 5) is 13.4. The molecule has 1 heterocycles. The highest BCUT2D eigenvalue weighted by Gasteiger charge is 2.20. The lowest BCUT2D eigenvalue weighted by atomic mass is 10.3. The summed E-state index contributed by atoms with van der Waals surface area (Å²) in [5.74, 6) is -2.79. The van der Waals surface area contributed by atoms with Crippen molar-refractivity contribution in [3.05, 3.63) is 26.8 Å². The number of aromatic carboxylic acids is 1. The zero-order chi connectivity index (χ0) is 10.9. The Hall–Kier alpha value is -0.860. The van der Waals surface area contributed by atoms with E-state index in [9.17, 15) is 18.0 Å². The molecule has 1 aromatic heterocycles. The monoisotopic (exact) mass is 317 g/mol. The number of pyridine rings is 1. The van der Waals surface area contributed by atoms with Crippen molar-refractivity contribution < 1.29 is 23.1 Å². The van der Waals surface area contributed by atoms with Gasteiger partial charge in [0.1, 0.15) is 5.69 Å². The van der Waals surface area contributed by atoms with E-state index < -0.39 is 29.6 Å². The quantitative estimate of drug-likeness (QED) is 0.853. The highest BCUT2D eigenvalue weighted by Crippen LogP contribution is 2.24. The van der Waals surface area contributed by atoms with Crippen LogP contribution < -0.4 is 0 Å². The molecule has 14 heavy (non-hydrogen) atoms. The van der Waals surface area contributed by atoms with E-state index in [0.29, 0.717) is 0 Å². The minimum atomic E-state index is -2.92. The van der Waals surface area contributed by atoms with Crippen LogP contribution in [0.1, 0.15) is 22.6 Å². The Morgan fingerprint density at radius 2 is 2.14 bits per heavy atom. The number of hydrogen-bond acceptors (Lipinski definition) is 2. The smallest absolute Gasteiger partial charge is 0.357 e. The summed E-state index contributed by atoms with van der Waals surface area (Å²) in [7, 11) is 0. The standard InChI is InChI=1S/C7H3F3INO2/c8-2-1-3(11)5(6(9)10)12-4(2)7(13)14/h1,6H,(H,13,14). The van der Waals surface area contributed by atoms with Gasteiger partial charge in [-0.3, -0.25) is 0 Å². The number of aromatic nitrogens is 1. The molecule has 1 N–H and O–H groups in total. The molecule has 0 radical (unpaired) electrons. The Balaban J connectivity index is 3.34. The first-order valence-electron chi connectivity index (χ1n) is 3.31. The number of carbonyl (C=O) groups is 1. The molecule has 0 unspecified atom stereocenters. The van der Waals surface area contributed by atoms with Crippen LogP contribution in [-0.2, 0) is 0 Å². The number of rotatable bonds is 2. The maximum absolute atomic E-state index is 12.9. The maximum atomic E-state index is 12.9. The lowest BCUT2D eigenvalue weighted by Gasteiger charge is -2.04. The van der Waals surface area contributed by atoms with Crippen molar-refractivity contribution in [2.24, 2.45) is 0 Å². The predicted molar refractivity (Wildman–Crippen MR) is 48.8 cm³/mol. The fourth-order valence-corrected chi connectivity index (χ4v) is 1.41. The molecule has 0 aromatic carbocycles. The van der Waals surface area contributed by atoms with Crippen molar-refractivity contribution >= 4 is 28.6 Å². The third-order valence-corrected chi connectivity index (χ3v) is 2.23. The van der Waals surface area contributed by atoms with Gasteiger partial charge in [0, 0.05) is 3.57 Å². The van der Waals surface area contributed by atoms with Gasteiger partial charge in [0.15, 0.2) is 11.5 Å². The predicted octanol–water partition coefficient (Wildman–Crippen LogP) is 2.46. The third kappa shape index (κ3) is 2.14. The van der Waals surface area contributed by atoms with Crippen molar-refractivity contribution in [1.82, 2.24) is 4.98 Å². The minimum absolute atomic E-state index is 0.0971. The van der Waals surface area contributed by atoms with Gasteiger partial charge in [0.05, 0.1) is 0 Å². The first kappa shape index (κ1) is 11.2. The van der Waals surface area contributed by atoms with E-state index in [0.717, 1.165) is 6.07 Å². The van der Waals surface area contributed by atoms with E-state index in [4.69, 9.17) is 5.11 Å². The lowest BCUT2D eigenvalue weighted by molar-refractivity contribution is 0.0682. The number of carboxylic acids is 1. The van der Waals surface area contributed by atoms with Gasteiger partial charge in [-0.1, -0.05) is 0 Å². The number of halogens is 4. The molecule has 7 heteroatoms. The zero-order valence-corrected chi connectivity index (χ0v) is 8.63. The van der Waals surface area contributed by atoms with Crippen LogP contribution in [0.4, 0.5) is 13.2 Å². The van der Waals surface area contributed by atoms with Crippen molar-refractivity contribution in [3.63, 3.8) is 0 Å². The number of alkyl halides is 2. The molecule has 76 valence electrons. The zero-order valence-electron chi connectivity index (χ0n) is 6.47. The van der Waals surface area contributed by atoms with Crippen LogP contribution in [0.2, 0.25) is 0 Å². The molecule has 3 nitrogen and oxygen atoms in total. The highest BCUT2D eigenvalue weighted by molar-refractivity contribution is 14.1.